The minimum atomic E-state index is -0.991. The van der Waals surface area contributed by atoms with E-state index in [0.29, 0.717) is 10.8 Å². The van der Waals surface area contributed by atoms with Gasteiger partial charge in [-0.3, -0.25) is 0 Å². The van der Waals surface area contributed by atoms with Crippen LogP contribution in [0.5, 0.6) is 5.75 Å². The zero-order valence-corrected chi connectivity index (χ0v) is 7.84. The average molecular weight is 207 g/mol. The van der Waals surface area contributed by atoms with E-state index < -0.39 is 5.97 Å². The first-order valence-electron chi connectivity index (χ1n) is 3.70. The molecule has 0 heterocycles. The molecule has 0 aromatic heterocycles. The van der Waals surface area contributed by atoms with E-state index >= 15 is 0 Å². The van der Waals surface area contributed by atoms with Crippen LogP contribution in [-0.2, 0) is 4.79 Å². The first kappa shape index (κ1) is 9.86. The molecule has 0 radical (unpaired) electrons. The number of hydrogen-bond donors (Lipinski definition) is 1. The molecule has 0 aliphatic rings. The molecular formula is C9H9ClO3. The number of halogens is 1. The Kier molecular flexibility index (Phi) is 3.14. The number of carboxylic acid groups (broad SMARTS) is 1. The van der Waals surface area contributed by atoms with E-state index in [9.17, 15) is 4.79 Å². The number of aliphatic carboxylic acids is 1. The van der Waals surface area contributed by atoms with Gasteiger partial charge in [-0.25, -0.2) is 4.79 Å². The minimum Gasteiger partial charge on any atom is -0.482 e. The number of ether oxygens (including phenoxy) is 1. The maximum absolute atomic E-state index is 10.2. The van der Waals surface area contributed by atoms with Crippen molar-refractivity contribution in [3.05, 3.63) is 28.8 Å². The summed E-state index contributed by atoms with van der Waals surface area (Å²) in [4.78, 5) is 10.2. The van der Waals surface area contributed by atoms with Crippen LogP contribution in [0.1, 0.15) is 5.56 Å². The molecule has 0 atom stereocenters. The minimum absolute atomic E-state index is 0.331. The second kappa shape index (κ2) is 4.14. The van der Waals surface area contributed by atoms with E-state index in [4.69, 9.17) is 21.4 Å². The highest BCUT2D eigenvalue weighted by molar-refractivity contribution is 6.30. The lowest BCUT2D eigenvalue weighted by Crippen LogP contribution is -2.09. The van der Waals surface area contributed by atoms with Crippen LogP contribution in [0.25, 0.3) is 0 Å². The highest BCUT2D eigenvalue weighted by Crippen LogP contribution is 2.21. The average Bonchev–Trinajstić information content (AvgIpc) is 2.02. The molecule has 0 saturated carbocycles. The van der Waals surface area contributed by atoms with Gasteiger partial charge in [0.2, 0.25) is 0 Å². The number of carbonyl (C=O) groups is 1. The lowest BCUT2D eigenvalue weighted by molar-refractivity contribution is -0.139. The molecule has 0 aliphatic heterocycles. The second-order valence-electron chi connectivity index (χ2n) is 2.59. The number of hydrogen-bond acceptors (Lipinski definition) is 2. The van der Waals surface area contributed by atoms with E-state index in [-0.39, 0.29) is 6.61 Å². The van der Waals surface area contributed by atoms with Gasteiger partial charge in [0, 0.05) is 5.02 Å². The standard InChI is InChI=1S/C9H9ClO3/c1-6-4-7(10)2-3-8(6)13-5-9(11)12/h2-4H,5H2,1H3,(H,11,12)/i2+1,3+1,4+1,6+1,7+1,8+1. The first-order chi connectivity index (χ1) is 6.09. The molecule has 0 aliphatic carbocycles. The van der Waals surface area contributed by atoms with Gasteiger partial charge in [0.05, 0.1) is 0 Å². The highest BCUT2D eigenvalue weighted by Gasteiger charge is 2.02. The zero-order valence-electron chi connectivity index (χ0n) is 7.08. The van der Waals surface area contributed by atoms with Crippen molar-refractivity contribution in [3.8, 4) is 5.75 Å². The Labute approximate surface area is 80.9 Å². The molecule has 1 aromatic carbocycles. The van der Waals surface area contributed by atoms with Gasteiger partial charge >= 0.3 is 5.97 Å². The van der Waals surface area contributed by atoms with E-state index in [0.717, 1.165) is 5.56 Å². The van der Waals surface area contributed by atoms with E-state index in [2.05, 4.69) is 0 Å². The van der Waals surface area contributed by atoms with E-state index in [1.54, 1.807) is 18.2 Å². The fourth-order valence-electron chi connectivity index (χ4n) is 0.914. The van der Waals surface area contributed by atoms with Gasteiger partial charge in [0.1, 0.15) is 5.75 Å². The van der Waals surface area contributed by atoms with Crippen molar-refractivity contribution < 1.29 is 14.6 Å². The Balaban J connectivity index is 2.72. The third kappa shape index (κ3) is 2.95. The van der Waals surface area contributed by atoms with Crippen LogP contribution in [0.15, 0.2) is 18.2 Å². The highest BCUT2D eigenvalue weighted by atomic mass is 35.5. The van der Waals surface area contributed by atoms with Crippen LogP contribution < -0.4 is 4.74 Å². The Bertz CT molecular complexity index is 323. The lowest BCUT2D eigenvalue weighted by atomic mass is 10.8. The summed E-state index contributed by atoms with van der Waals surface area (Å²) in [6.07, 6.45) is 0. The number of rotatable bonds is 3. The maximum Gasteiger partial charge on any atom is 0.341 e. The van der Waals surface area contributed by atoms with Crippen LogP contribution in [0, 0.1) is 6.92 Å². The van der Waals surface area contributed by atoms with Crippen molar-refractivity contribution in [3.63, 3.8) is 0 Å². The number of benzene rings is 1. The predicted molar refractivity (Wildman–Crippen MR) is 49.3 cm³/mol. The van der Waals surface area contributed by atoms with Gasteiger partial charge in [-0.15, -0.1) is 0 Å². The molecule has 4 heteroatoms. The summed E-state index contributed by atoms with van der Waals surface area (Å²) in [6, 6.07) is 5.03. The zero-order chi connectivity index (χ0) is 9.84. The first-order valence-corrected chi connectivity index (χ1v) is 4.08. The Hall–Kier alpha value is -1.22. The van der Waals surface area contributed by atoms with Gasteiger partial charge in [-0.05, 0) is 30.7 Å². The number of aryl methyl sites for hydroxylation is 1. The fourth-order valence-corrected chi connectivity index (χ4v) is 1.14. The normalized spacial score (nSPS) is 9.69. The van der Waals surface area contributed by atoms with E-state index in [1.807, 2.05) is 6.92 Å². The van der Waals surface area contributed by atoms with Crippen molar-refractivity contribution >= 4 is 17.6 Å². The summed E-state index contributed by atoms with van der Waals surface area (Å²) in [7, 11) is 0. The molecule has 0 bridgehead atoms. The Morgan fingerprint density at radius 1 is 1.62 bits per heavy atom. The Morgan fingerprint density at radius 3 is 2.85 bits per heavy atom. The third-order valence-electron chi connectivity index (χ3n) is 1.49. The van der Waals surface area contributed by atoms with Gasteiger partial charge in [0.25, 0.3) is 0 Å². The third-order valence-corrected chi connectivity index (χ3v) is 1.72. The molecular weight excluding hydrogens is 198 g/mol. The topological polar surface area (TPSA) is 46.5 Å². The number of carboxylic acids is 1. The molecule has 0 saturated heterocycles. The summed E-state index contributed by atoms with van der Waals surface area (Å²) < 4.78 is 5.00. The molecule has 0 amide bonds. The summed E-state index contributed by atoms with van der Waals surface area (Å²) in [5, 5.41) is 8.98. The summed E-state index contributed by atoms with van der Waals surface area (Å²) in [5.41, 5.74) is 0.828. The molecule has 13 heavy (non-hydrogen) atoms. The van der Waals surface area contributed by atoms with Gasteiger partial charge in [-0.1, -0.05) is 11.6 Å². The van der Waals surface area contributed by atoms with Crippen molar-refractivity contribution in [2.45, 2.75) is 6.92 Å². The van der Waals surface area contributed by atoms with Crippen molar-refractivity contribution in [1.82, 2.24) is 0 Å². The quantitative estimate of drug-likeness (QED) is 0.824. The molecule has 70 valence electrons. The second-order valence-corrected chi connectivity index (χ2v) is 3.03. The fraction of sp³-hybridized carbons (Fsp3) is 0.222. The maximum atomic E-state index is 10.2. The lowest BCUT2D eigenvalue weighted by Gasteiger charge is -2.06. The van der Waals surface area contributed by atoms with Gasteiger partial charge in [-0.2, -0.15) is 0 Å². The molecule has 0 fully saturated rings. The summed E-state index contributed by atoms with van der Waals surface area (Å²) >= 11 is 5.71. The van der Waals surface area contributed by atoms with Crippen LogP contribution in [0.3, 0.4) is 0 Å². The monoisotopic (exact) mass is 206 g/mol. The SMILES string of the molecule is C[13c]1[13cH][13c](Cl)[13cH][13cH][13c]1OCC(=O)O. The molecule has 1 aromatic rings. The van der Waals surface area contributed by atoms with Gasteiger partial charge in [0.15, 0.2) is 6.61 Å². The van der Waals surface area contributed by atoms with Gasteiger partial charge < -0.3 is 9.84 Å². The van der Waals surface area contributed by atoms with Crippen LogP contribution in [-0.4, -0.2) is 17.7 Å². The van der Waals surface area contributed by atoms with Crippen LogP contribution in [0.4, 0.5) is 0 Å². The largest absolute Gasteiger partial charge is 0.482 e. The Morgan fingerprint density at radius 2 is 2.31 bits per heavy atom. The molecule has 1 rings (SSSR count). The van der Waals surface area contributed by atoms with Crippen molar-refractivity contribution in [1.29, 1.82) is 0 Å². The van der Waals surface area contributed by atoms with Crippen molar-refractivity contribution in [2.75, 3.05) is 6.61 Å². The summed E-state index contributed by atoms with van der Waals surface area (Å²) in [5.74, 6) is -0.443. The van der Waals surface area contributed by atoms with E-state index in [1.165, 1.54) is 0 Å². The molecule has 3 nitrogen and oxygen atoms in total. The molecule has 0 spiro atoms. The van der Waals surface area contributed by atoms with Crippen molar-refractivity contribution in [2.24, 2.45) is 0 Å². The molecule has 0 unspecified atom stereocenters. The summed E-state index contributed by atoms with van der Waals surface area (Å²) in [6.45, 7) is 1.48. The molecule has 1 N–H and O–H groups in total. The van der Waals surface area contributed by atoms with Crippen LogP contribution >= 0.6 is 11.6 Å². The predicted octanol–water partition coefficient (Wildman–Crippen LogP) is 2.11. The smallest absolute Gasteiger partial charge is 0.341 e. The van der Waals surface area contributed by atoms with Crippen LogP contribution in [0.2, 0.25) is 5.02 Å².